The van der Waals surface area contributed by atoms with Crippen molar-refractivity contribution < 1.29 is 38.4 Å². The van der Waals surface area contributed by atoms with Gasteiger partial charge in [0.2, 0.25) is 6.79 Å². The zero-order valence-electron chi connectivity index (χ0n) is 32.1. The molecule has 0 aliphatic carbocycles. The van der Waals surface area contributed by atoms with Gasteiger partial charge in [-0.1, -0.05) is 24.3 Å². The van der Waals surface area contributed by atoms with Crippen molar-refractivity contribution in [3.05, 3.63) is 75.0 Å². The van der Waals surface area contributed by atoms with Crippen LogP contribution in [-0.2, 0) is 32.7 Å². The number of aryl methyl sites for hydroxylation is 1. The highest BCUT2D eigenvalue weighted by atomic mass is 32.2. The normalized spacial score (nSPS) is 31.7. The topological polar surface area (TPSA) is 135 Å². The Morgan fingerprint density at radius 3 is 2.65 bits per heavy atom. The Kier molecular flexibility index (Phi) is 7.66. The minimum Gasteiger partial charge on any atom is -0.504 e. The first-order valence-electron chi connectivity index (χ1n) is 19.1. The molecule has 2 unspecified atom stereocenters. The standard InChI is InChI=1S/C42H46N4O8S/c1-19-12-23-14-41(5)16-45(6)31(28(23)33(48)34(19)50-7)32-38-30-29(37-36(52-18-53-37)21(3)35(30)54-22(4)47)27(46(32)41)15-51-40(49)42(17-55-38)39-25(13-20(2)44-42)24-10-8-9-11-26(24)43-39/h8-12,20,27,31-32,38,43-44,48H,13-18H2,1-7H3/t20-,27-,31-,32+,38+,41?,42+/m0/s1. The van der Waals surface area contributed by atoms with E-state index >= 15 is 4.79 Å². The number of nitrogens with zero attached hydrogens (tertiary/aromatic N) is 2. The maximum Gasteiger partial charge on any atom is 0.333 e. The molecular formula is C42H46N4O8S. The smallest absolute Gasteiger partial charge is 0.333 e. The van der Waals surface area contributed by atoms with Crippen LogP contribution >= 0.6 is 11.8 Å². The Bertz CT molecular complexity index is 2340. The van der Waals surface area contributed by atoms with Crippen LogP contribution in [0, 0.1) is 13.8 Å². The minimum absolute atomic E-state index is 0.0160. The molecule has 3 aromatic carbocycles. The summed E-state index contributed by atoms with van der Waals surface area (Å²) in [7, 11) is 3.72. The summed E-state index contributed by atoms with van der Waals surface area (Å²) in [4.78, 5) is 36.6. The zero-order chi connectivity index (χ0) is 38.3. The van der Waals surface area contributed by atoms with Gasteiger partial charge in [0.1, 0.15) is 12.4 Å². The number of ether oxygens (including phenoxy) is 5. The Labute approximate surface area is 323 Å². The number of fused-ring (bicyclic) bond motifs is 8. The van der Waals surface area contributed by atoms with Crippen LogP contribution in [-0.4, -0.2) is 89.3 Å². The number of carbonyl (C=O) groups excluding carboxylic acids is 2. The van der Waals surface area contributed by atoms with Gasteiger partial charge in [0.25, 0.3) is 0 Å². The molecule has 0 radical (unpaired) electrons. The fraction of sp³-hybridized carbons (Fsp3) is 0.476. The summed E-state index contributed by atoms with van der Waals surface area (Å²) in [6.07, 6.45) is 1.39. The molecule has 55 heavy (non-hydrogen) atoms. The number of carbonyl (C=O) groups is 2. The van der Waals surface area contributed by atoms with Gasteiger partial charge in [0, 0.05) is 70.0 Å². The highest BCUT2D eigenvalue weighted by Crippen LogP contribution is 2.65. The second kappa shape index (κ2) is 12.0. The van der Waals surface area contributed by atoms with Crippen molar-refractivity contribution in [1.29, 1.82) is 0 Å². The first kappa shape index (κ1) is 35.0. The molecule has 1 aromatic heterocycles. The van der Waals surface area contributed by atoms with E-state index in [-0.39, 0.29) is 48.5 Å². The number of rotatable bonds is 2. The summed E-state index contributed by atoms with van der Waals surface area (Å²) in [5, 5.41) is 16.6. The van der Waals surface area contributed by atoms with Crippen molar-refractivity contribution in [1.82, 2.24) is 20.1 Å². The number of thioether (sulfide) groups is 1. The lowest BCUT2D eigenvalue weighted by Gasteiger charge is -2.61. The number of H-pyrrole nitrogens is 1. The van der Waals surface area contributed by atoms with Crippen molar-refractivity contribution in [2.75, 3.05) is 39.9 Å². The van der Waals surface area contributed by atoms with Crippen LogP contribution in [0.2, 0.25) is 0 Å². The number of aromatic nitrogens is 1. The number of phenols is 1. The van der Waals surface area contributed by atoms with Crippen LogP contribution in [0.25, 0.3) is 10.9 Å². The molecule has 12 rings (SSSR count). The number of aromatic hydroxyl groups is 1. The third-order valence-corrected chi connectivity index (χ3v) is 14.5. The summed E-state index contributed by atoms with van der Waals surface area (Å²) in [6.45, 7) is 10.4. The van der Waals surface area contributed by atoms with E-state index in [9.17, 15) is 9.90 Å². The van der Waals surface area contributed by atoms with Gasteiger partial charge in [-0.25, -0.2) is 4.79 Å². The number of hydrogen-bond donors (Lipinski definition) is 3. The van der Waals surface area contributed by atoms with E-state index in [4.69, 9.17) is 23.7 Å². The van der Waals surface area contributed by atoms with Gasteiger partial charge in [-0.15, -0.1) is 11.8 Å². The summed E-state index contributed by atoms with van der Waals surface area (Å²) < 4.78 is 31.2. The third-order valence-electron chi connectivity index (χ3n) is 13.0. The highest BCUT2D eigenvalue weighted by Gasteiger charge is 2.63. The van der Waals surface area contributed by atoms with E-state index in [1.54, 1.807) is 18.9 Å². The molecular weight excluding hydrogens is 721 g/mol. The Balaban J connectivity index is 1.26. The third kappa shape index (κ3) is 4.69. The molecule has 288 valence electrons. The van der Waals surface area contributed by atoms with Crippen LogP contribution in [0.5, 0.6) is 28.7 Å². The summed E-state index contributed by atoms with van der Waals surface area (Å²) in [5.74, 6) is 1.73. The maximum absolute atomic E-state index is 15.0. The average molecular weight is 767 g/mol. The lowest BCUT2D eigenvalue weighted by atomic mass is 9.76. The molecule has 9 heterocycles. The van der Waals surface area contributed by atoms with Gasteiger partial charge in [-0.05, 0) is 70.3 Å². The largest absolute Gasteiger partial charge is 0.504 e. The van der Waals surface area contributed by atoms with Crippen molar-refractivity contribution in [3.8, 4) is 28.7 Å². The number of methoxy groups -OCH3 is 1. The van der Waals surface area contributed by atoms with E-state index < -0.39 is 23.1 Å². The van der Waals surface area contributed by atoms with Crippen LogP contribution < -0.4 is 24.3 Å². The molecule has 3 N–H and O–H groups in total. The van der Waals surface area contributed by atoms with Crippen LogP contribution in [0.3, 0.4) is 0 Å². The lowest BCUT2D eigenvalue weighted by molar-refractivity contribution is -0.160. The molecule has 0 amide bonds. The van der Waals surface area contributed by atoms with Gasteiger partial charge < -0.3 is 33.8 Å². The van der Waals surface area contributed by atoms with E-state index in [1.807, 2.05) is 26.0 Å². The molecule has 2 saturated heterocycles. The van der Waals surface area contributed by atoms with E-state index in [1.165, 1.54) is 6.92 Å². The number of likely N-dealkylation sites (N-methyl/N-ethyl adjacent to an activating group) is 1. The Hall–Kier alpha value is -4.43. The van der Waals surface area contributed by atoms with Crippen molar-refractivity contribution in [2.45, 2.75) is 88.0 Å². The molecule has 1 spiro atoms. The van der Waals surface area contributed by atoms with Crippen molar-refractivity contribution in [2.24, 2.45) is 0 Å². The number of aromatic amines is 1. The summed E-state index contributed by atoms with van der Waals surface area (Å²) in [5.41, 5.74) is 6.34. The second-order valence-corrected chi connectivity index (χ2v) is 17.7. The molecule has 2 fully saturated rings. The maximum atomic E-state index is 15.0. The molecule has 4 aromatic rings. The zero-order valence-corrected chi connectivity index (χ0v) is 32.9. The Morgan fingerprint density at radius 2 is 1.87 bits per heavy atom. The fourth-order valence-electron chi connectivity index (χ4n) is 11.2. The first-order valence-corrected chi connectivity index (χ1v) is 20.1. The molecule has 4 bridgehead atoms. The van der Waals surface area contributed by atoms with Crippen molar-refractivity contribution >= 4 is 34.6 Å². The molecule has 12 nitrogen and oxygen atoms in total. The van der Waals surface area contributed by atoms with Gasteiger partial charge >= 0.3 is 11.9 Å². The molecule has 8 atom stereocenters. The summed E-state index contributed by atoms with van der Waals surface area (Å²) >= 11 is 1.66. The number of para-hydroxylation sites is 1. The number of benzene rings is 3. The number of phenolic OH excluding ortho intramolecular Hbond substituents is 1. The molecule has 0 saturated carbocycles. The quantitative estimate of drug-likeness (QED) is 0.172. The minimum atomic E-state index is -1.20. The van der Waals surface area contributed by atoms with Crippen LogP contribution in [0.1, 0.15) is 82.7 Å². The van der Waals surface area contributed by atoms with Gasteiger partial charge in [0.15, 0.2) is 28.5 Å². The monoisotopic (exact) mass is 766 g/mol. The number of esters is 2. The molecule has 8 aliphatic rings. The predicted octanol–water partition coefficient (Wildman–Crippen LogP) is 5.64. The van der Waals surface area contributed by atoms with E-state index in [0.717, 1.165) is 56.4 Å². The number of nitrogens with one attached hydrogen (secondary N) is 2. The van der Waals surface area contributed by atoms with Crippen molar-refractivity contribution in [3.63, 3.8) is 0 Å². The fourth-order valence-corrected chi connectivity index (χ4v) is 12.9. The van der Waals surface area contributed by atoms with E-state index in [2.05, 4.69) is 59.2 Å². The van der Waals surface area contributed by atoms with Gasteiger partial charge in [0.05, 0.1) is 30.1 Å². The van der Waals surface area contributed by atoms with Crippen LogP contribution in [0.4, 0.5) is 0 Å². The van der Waals surface area contributed by atoms with E-state index in [0.29, 0.717) is 47.3 Å². The average Bonchev–Trinajstić information content (AvgIpc) is 3.73. The predicted molar refractivity (Wildman–Crippen MR) is 206 cm³/mol. The van der Waals surface area contributed by atoms with Crippen LogP contribution in [0.15, 0.2) is 30.3 Å². The van der Waals surface area contributed by atoms with Gasteiger partial charge in [-0.2, -0.15) is 0 Å². The second-order valence-electron chi connectivity index (χ2n) is 16.5. The number of piperazine rings is 1. The lowest BCUT2D eigenvalue weighted by Crippen LogP contribution is -2.69. The highest BCUT2D eigenvalue weighted by molar-refractivity contribution is 7.99. The first-order chi connectivity index (χ1) is 26.4. The molecule has 8 aliphatic heterocycles. The Morgan fingerprint density at radius 1 is 1.09 bits per heavy atom. The van der Waals surface area contributed by atoms with Gasteiger partial charge in [-0.3, -0.25) is 19.9 Å². The molecule has 13 heteroatoms. The number of hydrogen-bond acceptors (Lipinski definition) is 12. The summed E-state index contributed by atoms with van der Waals surface area (Å²) in [6, 6.07) is 9.24. The SMILES string of the molecule is COc1c(C)cc2c(c1O)[C@H]1[C@@H]3[C@@H]4SC[C@]5(N[C@@H](C)Cc6c5[nH]c5ccccc65)C(=O)OC[C@@H](c5c6c(c(C)c(OC(C)=O)c54)OCO6)N3C(C)(C2)CN1C.